The molecule has 1 aromatic rings. The van der Waals surface area contributed by atoms with E-state index < -0.39 is 0 Å². The summed E-state index contributed by atoms with van der Waals surface area (Å²) < 4.78 is 5.49. The number of hydrogen-bond donors (Lipinski definition) is 1. The molecular formula is C16H27NO. The van der Waals surface area contributed by atoms with E-state index in [2.05, 4.69) is 56.4 Å². The van der Waals surface area contributed by atoms with Gasteiger partial charge in [-0.3, -0.25) is 0 Å². The van der Waals surface area contributed by atoms with Crippen LogP contribution in [0.2, 0.25) is 0 Å². The minimum absolute atomic E-state index is 0.442. The molecular weight excluding hydrogens is 222 g/mol. The second-order valence-electron chi connectivity index (χ2n) is 5.05. The maximum Gasteiger partial charge on any atom is 0.0478 e. The Morgan fingerprint density at radius 2 is 1.83 bits per heavy atom. The number of benzene rings is 1. The number of rotatable bonds is 9. The molecule has 1 rings (SSSR count). The van der Waals surface area contributed by atoms with Crippen LogP contribution in [0, 0.1) is 5.92 Å². The fourth-order valence-electron chi connectivity index (χ4n) is 2.08. The van der Waals surface area contributed by atoms with E-state index in [4.69, 9.17) is 4.74 Å². The maximum absolute atomic E-state index is 5.49. The molecule has 0 aromatic heterocycles. The highest BCUT2D eigenvalue weighted by atomic mass is 16.5. The average Bonchev–Trinajstić information content (AvgIpc) is 2.38. The summed E-state index contributed by atoms with van der Waals surface area (Å²) >= 11 is 0. The molecule has 102 valence electrons. The van der Waals surface area contributed by atoms with Gasteiger partial charge in [0.2, 0.25) is 0 Å². The molecule has 0 saturated heterocycles. The lowest BCUT2D eigenvalue weighted by atomic mass is 9.96. The summed E-state index contributed by atoms with van der Waals surface area (Å²) in [5.74, 6) is 0.601. The van der Waals surface area contributed by atoms with Gasteiger partial charge in [-0.25, -0.2) is 0 Å². The third-order valence-corrected chi connectivity index (χ3v) is 3.00. The zero-order chi connectivity index (χ0) is 13.2. The minimum Gasteiger partial charge on any atom is -0.381 e. The molecule has 0 amide bonds. The van der Waals surface area contributed by atoms with Crippen LogP contribution < -0.4 is 5.32 Å². The Morgan fingerprint density at radius 3 is 2.44 bits per heavy atom. The smallest absolute Gasteiger partial charge is 0.0478 e. The van der Waals surface area contributed by atoms with Gasteiger partial charge in [0.25, 0.3) is 0 Å². The summed E-state index contributed by atoms with van der Waals surface area (Å²) in [5, 5.41) is 3.63. The molecule has 0 fully saturated rings. The normalized spacial score (nSPS) is 12.9. The van der Waals surface area contributed by atoms with Gasteiger partial charge in [0, 0.05) is 19.3 Å². The third kappa shape index (κ3) is 5.65. The summed E-state index contributed by atoms with van der Waals surface area (Å²) in [6, 6.07) is 11.1. The quantitative estimate of drug-likeness (QED) is 0.672. The molecule has 1 aromatic carbocycles. The Labute approximate surface area is 112 Å². The van der Waals surface area contributed by atoms with Gasteiger partial charge in [-0.1, -0.05) is 51.1 Å². The molecule has 0 aliphatic carbocycles. The lowest BCUT2D eigenvalue weighted by Crippen LogP contribution is -2.27. The second-order valence-corrected chi connectivity index (χ2v) is 5.05. The Morgan fingerprint density at radius 1 is 1.11 bits per heavy atom. The van der Waals surface area contributed by atoms with Gasteiger partial charge < -0.3 is 10.1 Å². The van der Waals surface area contributed by atoms with Crippen LogP contribution in [0.4, 0.5) is 0 Å². The first-order chi connectivity index (χ1) is 8.75. The average molecular weight is 249 g/mol. The number of nitrogens with one attached hydrogen (secondary N) is 1. The van der Waals surface area contributed by atoms with Crippen molar-refractivity contribution in [1.82, 2.24) is 5.32 Å². The second kappa shape index (κ2) is 9.12. The Bertz CT molecular complexity index is 297. The van der Waals surface area contributed by atoms with Gasteiger partial charge in [0.05, 0.1) is 0 Å². The molecule has 1 N–H and O–H groups in total. The summed E-state index contributed by atoms with van der Waals surface area (Å²) in [5.41, 5.74) is 1.38. The van der Waals surface area contributed by atoms with Gasteiger partial charge in [0.15, 0.2) is 0 Å². The predicted octanol–water partition coefficient (Wildman–Crippen LogP) is 3.79. The van der Waals surface area contributed by atoms with Crippen molar-refractivity contribution in [2.24, 2.45) is 5.92 Å². The largest absolute Gasteiger partial charge is 0.381 e. The molecule has 1 atom stereocenters. The van der Waals surface area contributed by atoms with Crippen molar-refractivity contribution in [2.45, 2.75) is 39.7 Å². The van der Waals surface area contributed by atoms with Crippen molar-refractivity contribution >= 4 is 0 Å². The lowest BCUT2D eigenvalue weighted by Gasteiger charge is -2.23. The van der Waals surface area contributed by atoms with Crippen molar-refractivity contribution in [2.75, 3.05) is 19.8 Å². The SMILES string of the molecule is CCCOCCCNC(c1ccccc1)C(C)C. The Kier molecular flexibility index (Phi) is 7.70. The van der Waals surface area contributed by atoms with Crippen LogP contribution in [-0.2, 0) is 4.74 Å². The van der Waals surface area contributed by atoms with E-state index in [0.717, 1.165) is 32.6 Å². The van der Waals surface area contributed by atoms with Crippen molar-refractivity contribution in [3.05, 3.63) is 35.9 Å². The van der Waals surface area contributed by atoms with E-state index in [1.165, 1.54) is 5.56 Å². The highest BCUT2D eigenvalue weighted by molar-refractivity contribution is 5.19. The highest BCUT2D eigenvalue weighted by Gasteiger charge is 2.13. The first-order valence-corrected chi connectivity index (χ1v) is 7.11. The van der Waals surface area contributed by atoms with Crippen molar-refractivity contribution in [3.8, 4) is 0 Å². The fourth-order valence-corrected chi connectivity index (χ4v) is 2.08. The van der Waals surface area contributed by atoms with E-state index in [1.54, 1.807) is 0 Å². The van der Waals surface area contributed by atoms with Crippen LogP contribution in [0.15, 0.2) is 30.3 Å². The van der Waals surface area contributed by atoms with Gasteiger partial charge >= 0.3 is 0 Å². The summed E-state index contributed by atoms with van der Waals surface area (Å²) in [6.07, 6.45) is 2.18. The van der Waals surface area contributed by atoms with E-state index >= 15 is 0 Å². The monoisotopic (exact) mass is 249 g/mol. The molecule has 2 nitrogen and oxygen atoms in total. The fraction of sp³-hybridized carbons (Fsp3) is 0.625. The molecule has 0 aliphatic rings. The van der Waals surface area contributed by atoms with Crippen LogP contribution in [0.1, 0.15) is 45.2 Å². The number of ether oxygens (including phenoxy) is 1. The first kappa shape index (κ1) is 15.2. The zero-order valence-corrected chi connectivity index (χ0v) is 12.0. The molecule has 0 spiro atoms. The van der Waals surface area contributed by atoms with Crippen LogP contribution >= 0.6 is 0 Å². The molecule has 1 unspecified atom stereocenters. The van der Waals surface area contributed by atoms with Crippen LogP contribution in [0.25, 0.3) is 0 Å². The van der Waals surface area contributed by atoms with Gasteiger partial charge in [0.1, 0.15) is 0 Å². The number of hydrogen-bond acceptors (Lipinski definition) is 2. The molecule has 18 heavy (non-hydrogen) atoms. The van der Waals surface area contributed by atoms with Crippen molar-refractivity contribution < 1.29 is 4.74 Å². The Hall–Kier alpha value is -0.860. The third-order valence-electron chi connectivity index (χ3n) is 3.00. The summed E-state index contributed by atoms with van der Waals surface area (Å²) in [6.45, 7) is 9.42. The predicted molar refractivity (Wildman–Crippen MR) is 77.8 cm³/mol. The van der Waals surface area contributed by atoms with Crippen LogP contribution in [0.3, 0.4) is 0 Å². The molecule has 0 heterocycles. The first-order valence-electron chi connectivity index (χ1n) is 7.11. The van der Waals surface area contributed by atoms with E-state index in [0.29, 0.717) is 12.0 Å². The summed E-state index contributed by atoms with van der Waals surface area (Å²) in [7, 11) is 0. The Balaban J connectivity index is 2.31. The van der Waals surface area contributed by atoms with E-state index in [-0.39, 0.29) is 0 Å². The topological polar surface area (TPSA) is 21.3 Å². The maximum atomic E-state index is 5.49. The van der Waals surface area contributed by atoms with E-state index in [9.17, 15) is 0 Å². The molecule has 0 saturated carbocycles. The van der Waals surface area contributed by atoms with Gasteiger partial charge in [-0.05, 0) is 30.9 Å². The standard InChI is InChI=1S/C16H27NO/c1-4-12-18-13-8-11-17-16(14(2)3)15-9-6-5-7-10-15/h5-7,9-10,14,16-17H,4,8,11-13H2,1-3H3. The van der Waals surface area contributed by atoms with Crippen molar-refractivity contribution in [3.63, 3.8) is 0 Å². The highest BCUT2D eigenvalue weighted by Crippen LogP contribution is 2.20. The van der Waals surface area contributed by atoms with Crippen molar-refractivity contribution in [1.29, 1.82) is 0 Å². The lowest BCUT2D eigenvalue weighted by molar-refractivity contribution is 0.131. The van der Waals surface area contributed by atoms with Crippen LogP contribution in [0.5, 0.6) is 0 Å². The van der Waals surface area contributed by atoms with Gasteiger partial charge in [-0.15, -0.1) is 0 Å². The molecule has 0 radical (unpaired) electrons. The summed E-state index contributed by atoms with van der Waals surface area (Å²) in [4.78, 5) is 0. The molecule has 2 heteroatoms. The molecule has 0 aliphatic heterocycles. The van der Waals surface area contributed by atoms with Gasteiger partial charge in [-0.2, -0.15) is 0 Å². The van der Waals surface area contributed by atoms with E-state index in [1.807, 2.05) is 0 Å². The zero-order valence-electron chi connectivity index (χ0n) is 12.0. The molecule has 0 bridgehead atoms. The van der Waals surface area contributed by atoms with Crippen LogP contribution in [-0.4, -0.2) is 19.8 Å². The minimum atomic E-state index is 0.442.